The third kappa shape index (κ3) is 4.26. The molecule has 3 heterocycles. The van der Waals surface area contributed by atoms with E-state index in [-0.39, 0.29) is 17.3 Å². The van der Waals surface area contributed by atoms with Crippen molar-refractivity contribution in [3.05, 3.63) is 59.8 Å². The van der Waals surface area contributed by atoms with Crippen molar-refractivity contribution in [3.8, 4) is 11.1 Å². The molecule has 34 heavy (non-hydrogen) atoms. The molecular formula is C29H32FN3O. The molecule has 0 bridgehead atoms. The second-order valence-corrected chi connectivity index (χ2v) is 11.0. The van der Waals surface area contributed by atoms with Gasteiger partial charge in [0.2, 0.25) is 0 Å². The fourth-order valence-electron chi connectivity index (χ4n) is 6.21. The highest BCUT2D eigenvalue weighted by molar-refractivity contribution is 5.85. The Morgan fingerprint density at radius 3 is 2.62 bits per heavy atom. The second kappa shape index (κ2) is 8.53. The number of hydrogen-bond donors (Lipinski definition) is 1. The molecule has 5 heteroatoms. The molecule has 4 nitrogen and oxygen atoms in total. The number of ketones is 1. The molecule has 1 atom stereocenters. The molecule has 0 radical (unpaired) electrons. The Hall–Kier alpha value is -2.66. The van der Waals surface area contributed by atoms with E-state index in [0.29, 0.717) is 36.3 Å². The SMILES string of the molecule is Cc1cnc2cc(-c3cnc(CC4CCC5(CC4)CC(C4CC4)C(=O)CN5)c(F)c3)ccc2c1. The van der Waals surface area contributed by atoms with E-state index in [1.54, 1.807) is 12.3 Å². The van der Waals surface area contributed by atoms with Crippen LogP contribution in [0.15, 0.2) is 42.7 Å². The lowest BCUT2D eigenvalue weighted by Crippen LogP contribution is -2.56. The van der Waals surface area contributed by atoms with E-state index in [1.807, 2.05) is 31.3 Å². The normalized spacial score (nSPS) is 27.4. The van der Waals surface area contributed by atoms with Gasteiger partial charge in [-0.25, -0.2) is 4.39 Å². The van der Waals surface area contributed by atoms with Crippen LogP contribution in [-0.2, 0) is 11.2 Å². The van der Waals surface area contributed by atoms with Crippen molar-refractivity contribution < 1.29 is 9.18 Å². The molecule has 1 unspecified atom stereocenters. The van der Waals surface area contributed by atoms with Crippen molar-refractivity contribution in [2.45, 2.75) is 63.8 Å². The summed E-state index contributed by atoms with van der Waals surface area (Å²) in [5.41, 5.74) is 4.45. The van der Waals surface area contributed by atoms with Crippen molar-refractivity contribution in [1.82, 2.24) is 15.3 Å². The summed E-state index contributed by atoms with van der Waals surface area (Å²) >= 11 is 0. The Labute approximate surface area is 200 Å². The summed E-state index contributed by atoms with van der Waals surface area (Å²) in [6, 6.07) is 9.78. The zero-order chi connectivity index (χ0) is 23.3. The molecule has 3 aromatic rings. The summed E-state index contributed by atoms with van der Waals surface area (Å²) in [4.78, 5) is 21.4. The van der Waals surface area contributed by atoms with E-state index in [9.17, 15) is 4.79 Å². The lowest BCUT2D eigenvalue weighted by atomic mass is 9.68. The van der Waals surface area contributed by atoms with Gasteiger partial charge in [0.05, 0.1) is 17.8 Å². The minimum atomic E-state index is -0.218. The largest absolute Gasteiger partial charge is 0.304 e. The smallest absolute Gasteiger partial charge is 0.150 e. The number of rotatable bonds is 4. The van der Waals surface area contributed by atoms with Crippen LogP contribution >= 0.6 is 0 Å². The molecule has 2 aromatic heterocycles. The topological polar surface area (TPSA) is 54.9 Å². The predicted octanol–water partition coefficient (Wildman–Crippen LogP) is 5.80. The molecule has 176 valence electrons. The van der Waals surface area contributed by atoms with Crippen LogP contribution in [0, 0.1) is 30.5 Å². The molecule has 1 aliphatic heterocycles. The van der Waals surface area contributed by atoms with Gasteiger partial charge in [-0.1, -0.05) is 12.1 Å². The first kappa shape index (κ1) is 21.8. The summed E-state index contributed by atoms with van der Waals surface area (Å²) in [7, 11) is 0. The monoisotopic (exact) mass is 457 g/mol. The minimum absolute atomic E-state index is 0.121. The van der Waals surface area contributed by atoms with Crippen LogP contribution in [0.5, 0.6) is 0 Å². The number of hydrogen-bond acceptors (Lipinski definition) is 4. The number of halogens is 1. The molecule has 1 N–H and O–H groups in total. The maximum atomic E-state index is 15.1. The summed E-state index contributed by atoms with van der Waals surface area (Å²) in [5, 5.41) is 4.68. The molecule has 1 aromatic carbocycles. The number of nitrogens with one attached hydrogen (secondary N) is 1. The number of aromatic nitrogens is 2. The Bertz CT molecular complexity index is 1240. The van der Waals surface area contributed by atoms with Gasteiger partial charge in [-0.15, -0.1) is 0 Å². The molecule has 3 aliphatic rings. The predicted molar refractivity (Wildman–Crippen MR) is 132 cm³/mol. The number of piperidine rings is 1. The van der Waals surface area contributed by atoms with Crippen molar-refractivity contribution >= 4 is 16.7 Å². The fourth-order valence-corrected chi connectivity index (χ4v) is 6.21. The number of carbonyl (C=O) groups is 1. The van der Waals surface area contributed by atoms with Gasteiger partial charge in [0.1, 0.15) is 11.6 Å². The average Bonchev–Trinajstić information content (AvgIpc) is 3.69. The fraction of sp³-hybridized carbons (Fsp3) is 0.483. The molecule has 2 aliphatic carbocycles. The van der Waals surface area contributed by atoms with Gasteiger partial charge in [-0.05, 0) is 99.5 Å². The molecule has 6 rings (SSSR count). The van der Waals surface area contributed by atoms with E-state index in [1.165, 1.54) is 12.8 Å². The van der Waals surface area contributed by atoms with Gasteiger partial charge in [-0.3, -0.25) is 14.8 Å². The summed E-state index contributed by atoms with van der Waals surface area (Å²) in [6.45, 7) is 2.56. The molecule has 2 saturated carbocycles. The van der Waals surface area contributed by atoms with Crippen LogP contribution in [-0.4, -0.2) is 27.8 Å². The van der Waals surface area contributed by atoms with Crippen LogP contribution in [0.4, 0.5) is 4.39 Å². The number of pyridine rings is 2. The highest BCUT2D eigenvalue weighted by Gasteiger charge is 2.47. The van der Waals surface area contributed by atoms with E-state index in [0.717, 1.165) is 59.7 Å². The highest BCUT2D eigenvalue weighted by Crippen LogP contribution is 2.46. The number of Topliss-reactive ketones (excluding diaryl/α,β-unsaturated/α-hetero) is 1. The minimum Gasteiger partial charge on any atom is -0.304 e. The maximum Gasteiger partial charge on any atom is 0.150 e. The third-order valence-corrected chi connectivity index (χ3v) is 8.47. The van der Waals surface area contributed by atoms with Crippen LogP contribution in [0.25, 0.3) is 22.0 Å². The molecule has 3 fully saturated rings. The average molecular weight is 458 g/mol. The van der Waals surface area contributed by atoms with Crippen molar-refractivity contribution in [1.29, 1.82) is 0 Å². The molecule has 1 spiro atoms. The Kier molecular flexibility index (Phi) is 5.48. The quantitative estimate of drug-likeness (QED) is 0.538. The number of carbonyl (C=O) groups excluding carboxylic acids is 1. The Morgan fingerprint density at radius 1 is 1.03 bits per heavy atom. The first-order valence-electron chi connectivity index (χ1n) is 12.8. The van der Waals surface area contributed by atoms with Crippen LogP contribution < -0.4 is 5.32 Å². The van der Waals surface area contributed by atoms with Crippen molar-refractivity contribution in [2.75, 3.05) is 6.54 Å². The maximum absolute atomic E-state index is 15.1. The number of fused-ring (bicyclic) bond motifs is 1. The number of nitrogens with zero attached hydrogens (tertiary/aromatic N) is 2. The molecular weight excluding hydrogens is 425 g/mol. The second-order valence-electron chi connectivity index (χ2n) is 11.0. The van der Waals surface area contributed by atoms with E-state index in [2.05, 4.69) is 21.4 Å². The standard InChI is InChI=1S/C29H32FN3O/c1-18-10-22-5-4-21(13-26(22)31-15-18)23-12-25(30)27(32-16-23)11-19-6-8-29(9-7-19)14-24(20-2-3-20)28(34)17-33-29/h4-5,10,12-13,15-16,19-20,24,33H,2-3,6-9,11,14,17H2,1H3. The lowest BCUT2D eigenvalue weighted by Gasteiger charge is -2.46. The van der Waals surface area contributed by atoms with Crippen LogP contribution in [0.3, 0.4) is 0 Å². The molecule has 1 saturated heterocycles. The summed E-state index contributed by atoms with van der Waals surface area (Å²) < 4.78 is 15.1. The highest BCUT2D eigenvalue weighted by atomic mass is 19.1. The van der Waals surface area contributed by atoms with Crippen molar-refractivity contribution in [3.63, 3.8) is 0 Å². The van der Waals surface area contributed by atoms with E-state index >= 15 is 4.39 Å². The Morgan fingerprint density at radius 2 is 1.85 bits per heavy atom. The van der Waals surface area contributed by atoms with Crippen molar-refractivity contribution in [2.24, 2.45) is 17.8 Å². The zero-order valence-corrected chi connectivity index (χ0v) is 19.8. The number of benzene rings is 1. The van der Waals surface area contributed by atoms with Gasteiger partial charge in [0.25, 0.3) is 0 Å². The van der Waals surface area contributed by atoms with Gasteiger partial charge in [-0.2, -0.15) is 0 Å². The first-order valence-corrected chi connectivity index (χ1v) is 12.8. The summed E-state index contributed by atoms with van der Waals surface area (Å²) in [6.07, 6.45) is 12.1. The van der Waals surface area contributed by atoms with Gasteiger partial charge < -0.3 is 5.32 Å². The third-order valence-electron chi connectivity index (χ3n) is 8.47. The lowest BCUT2D eigenvalue weighted by molar-refractivity contribution is -0.126. The van der Waals surface area contributed by atoms with Gasteiger partial charge >= 0.3 is 0 Å². The zero-order valence-electron chi connectivity index (χ0n) is 19.8. The number of aryl methyl sites for hydroxylation is 1. The summed E-state index contributed by atoms with van der Waals surface area (Å²) in [5.74, 6) is 1.57. The van der Waals surface area contributed by atoms with Crippen LogP contribution in [0.1, 0.15) is 56.2 Å². The van der Waals surface area contributed by atoms with Gasteiger partial charge in [0, 0.05) is 34.8 Å². The Balaban J connectivity index is 1.12. The van der Waals surface area contributed by atoms with E-state index in [4.69, 9.17) is 0 Å². The van der Waals surface area contributed by atoms with Crippen LogP contribution in [0.2, 0.25) is 0 Å². The van der Waals surface area contributed by atoms with Gasteiger partial charge in [0.15, 0.2) is 0 Å². The van der Waals surface area contributed by atoms with E-state index < -0.39 is 0 Å². The molecule has 0 amide bonds. The first-order chi connectivity index (χ1) is 16.5.